The predicted octanol–water partition coefficient (Wildman–Crippen LogP) is 0.581. The molecule has 3 nitrogen and oxygen atoms in total. The van der Waals surface area contributed by atoms with Crippen molar-refractivity contribution in [2.75, 3.05) is 6.67 Å². The quantitative estimate of drug-likeness (QED) is 0.594. The Kier molecular flexibility index (Phi) is 7.69. The van der Waals surface area contributed by atoms with Crippen molar-refractivity contribution in [3.05, 3.63) is 6.92 Å². The Labute approximate surface area is 65.4 Å². The van der Waals surface area contributed by atoms with Crippen LogP contribution in [-0.2, 0) is 19.5 Å². The van der Waals surface area contributed by atoms with Crippen molar-refractivity contribution in [3.8, 4) is 0 Å². The van der Waals surface area contributed by atoms with Gasteiger partial charge in [-0.2, -0.15) is 0 Å². The van der Waals surface area contributed by atoms with E-state index in [0.717, 1.165) is 0 Å². The number of rotatable bonds is 1. The molecule has 0 aliphatic carbocycles. The third kappa shape index (κ3) is 41.2. The molecular weight excluding hydrogens is 178 g/mol. The third-order valence-electron chi connectivity index (χ3n) is 0.362. The first-order valence-corrected chi connectivity index (χ1v) is 4.38. The van der Waals surface area contributed by atoms with Crippen molar-refractivity contribution in [1.82, 2.24) is 0 Å². The van der Waals surface area contributed by atoms with E-state index in [-0.39, 0.29) is 12.1 Å². The molecule has 0 aliphatic rings. The number of hydrogen-bond donors (Lipinski definition) is 2. The molecule has 0 saturated carbocycles. The zero-order valence-electron chi connectivity index (χ0n) is 6.04. The van der Waals surface area contributed by atoms with Crippen LogP contribution >= 0.6 is 0 Å². The van der Waals surface area contributed by atoms with E-state index in [1.807, 2.05) is 0 Å². The molecule has 0 heterocycles. The Morgan fingerprint density at radius 3 is 1.70 bits per heavy atom. The van der Waals surface area contributed by atoms with Crippen LogP contribution in [0.5, 0.6) is 0 Å². The van der Waals surface area contributed by atoms with E-state index in [1.54, 1.807) is 13.8 Å². The van der Waals surface area contributed by atoms with Gasteiger partial charge >= 0.3 is 27.5 Å². The molecule has 0 atom stereocenters. The van der Waals surface area contributed by atoms with Gasteiger partial charge in [-0.15, -0.1) is 5.41 Å². The standard InChI is InChI=1S/C5H10F.2H2O.O.V/c1-5(2,3)4-6;;;;/h1,4H2,2-3H3;2*1H2;;/q-1;;;;+2/p-2. The Balaban J connectivity index is 0. The summed E-state index contributed by atoms with van der Waals surface area (Å²) in [6, 6.07) is 0. The Morgan fingerprint density at radius 2 is 1.70 bits per heavy atom. The number of hydrogen-bond acceptors (Lipinski definition) is 1. The molecule has 0 rings (SSSR count). The van der Waals surface area contributed by atoms with Crippen LogP contribution in [0.25, 0.3) is 0 Å². The average molecular weight is 190 g/mol. The summed E-state index contributed by atoms with van der Waals surface area (Å²) in [7, 11) is 0. The summed E-state index contributed by atoms with van der Waals surface area (Å²) in [6.07, 6.45) is 0. The van der Waals surface area contributed by atoms with Gasteiger partial charge in [-0.05, 0) is 0 Å². The maximum absolute atomic E-state index is 11.4. The van der Waals surface area contributed by atoms with Gasteiger partial charge in [0.05, 0.1) is 6.67 Å². The molecule has 0 fully saturated rings. The second-order valence-electron chi connectivity index (χ2n) is 2.55. The molecule has 0 amide bonds. The zero-order valence-corrected chi connectivity index (χ0v) is 7.44. The Morgan fingerprint density at radius 1 is 1.60 bits per heavy atom. The van der Waals surface area contributed by atoms with Crippen molar-refractivity contribution in [2.24, 2.45) is 5.41 Å². The summed E-state index contributed by atoms with van der Waals surface area (Å²) in [5.41, 5.74) is -0.375. The van der Waals surface area contributed by atoms with E-state index in [2.05, 4.69) is 6.92 Å². The molecule has 0 saturated heterocycles. The van der Waals surface area contributed by atoms with E-state index in [9.17, 15) is 4.39 Å². The van der Waals surface area contributed by atoms with Gasteiger partial charge in [-0.1, -0.05) is 13.8 Å². The van der Waals surface area contributed by atoms with E-state index in [0.29, 0.717) is 0 Å². The first-order valence-electron chi connectivity index (χ1n) is 2.56. The van der Waals surface area contributed by atoms with Crippen LogP contribution in [0.1, 0.15) is 13.8 Å². The minimum absolute atomic E-state index is 0.340. The first kappa shape index (κ1) is 12.9. The molecule has 0 aromatic heterocycles. The van der Waals surface area contributed by atoms with Gasteiger partial charge in [0, 0.05) is 0 Å². The summed E-state index contributed by atoms with van der Waals surface area (Å²) >= 11 is -3.44. The SMILES string of the molecule is [CH2-]C(C)(C)CF.[O]=[V]([OH])[OH]. The van der Waals surface area contributed by atoms with Crippen LogP contribution in [-0.4, -0.2) is 14.7 Å². The average Bonchev–Trinajstić information content (AvgIpc) is 1.63. The molecular formula is C5H12FO3V-. The molecule has 0 unspecified atom stereocenters. The van der Waals surface area contributed by atoms with Gasteiger partial charge in [0.25, 0.3) is 0 Å². The van der Waals surface area contributed by atoms with Crippen LogP contribution in [0.15, 0.2) is 0 Å². The molecule has 2 N–H and O–H groups in total. The zero-order chi connectivity index (χ0) is 8.78. The number of halogens is 1. The summed E-state index contributed by atoms with van der Waals surface area (Å²) in [4.78, 5) is 0. The van der Waals surface area contributed by atoms with Crippen LogP contribution in [0, 0.1) is 12.3 Å². The van der Waals surface area contributed by atoms with Gasteiger partial charge in [-0.25, -0.2) is 0 Å². The maximum atomic E-state index is 11.4. The molecule has 5 heteroatoms. The van der Waals surface area contributed by atoms with E-state index >= 15 is 0 Å². The normalized spacial score (nSPS) is 9.80. The Hall–Kier alpha value is 0.234. The van der Waals surface area contributed by atoms with E-state index in [1.165, 1.54) is 0 Å². The summed E-state index contributed by atoms with van der Waals surface area (Å²) < 4.78 is 34.6. The summed E-state index contributed by atoms with van der Waals surface area (Å²) in [5.74, 6) is 0. The van der Waals surface area contributed by atoms with Gasteiger partial charge < -0.3 is 6.92 Å². The summed E-state index contributed by atoms with van der Waals surface area (Å²) in [5, 5.41) is 0. The van der Waals surface area contributed by atoms with E-state index < -0.39 is 15.8 Å². The van der Waals surface area contributed by atoms with Crippen molar-refractivity contribution in [3.63, 3.8) is 0 Å². The fourth-order valence-corrected chi connectivity index (χ4v) is 0. The molecule has 0 radical (unpaired) electrons. The molecule has 0 aromatic carbocycles. The van der Waals surface area contributed by atoms with Crippen LogP contribution in [0.3, 0.4) is 0 Å². The van der Waals surface area contributed by atoms with Gasteiger partial charge in [0.2, 0.25) is 0 Å². The minimum atomic E-state index is -3.44. The van der Waals surface area contributed by atoms with E-state index in [4.69, 9.17) is 11.7 Å². The van der Waals surface area contributed by atoms with Crippen LogP contribution in [0.2, 0.25) is 0 Å². The first-order chi connectivity index (χ1) is 4.29. The van der Waals surface area contributed by atoms with Crippen molar-refractivity contribution in [1.29, 1.82) is 0 Å². The molecule has 10 heavy (non-hydrogen) atoms. The predicted molar refractivity (Wildman–Crippen MR) is 30.2 cm³/mol. The molecule has 0 aromatic rings. The number of alkyl halides is 1. The fraction of sp³-hybridized carbons (Fsp3) is 0.800. The van der Waals surface area contributed by atoms with Crippen LogP contribution in [0.4, 0.5) is 4.39 Å². The Bertz CT molecular complexity index is 95.6. The topological polar surface area (TPSA) is 57.5 Å². The van der Waals surface area contributed by atoms with Crippen molar-refractivity contribution >= 4 is 0 Å². The second-order valence-corrected chi connectivity index (χ2v) is 3.34. The molecule has 63 valence electrons. The van der Waals surface area contributed by atoms with Crippen molar-refractivity contribution in [2.45, 2.75) is 13.8 Å². The molecule has 0 aliphatic heterocycles. The van der Waals surface area contributed by atoms with Gasteiger partial charge in [-0.3, -0.25) is 4.39 Å². The third-order valence-corrected chi connectivity index (χ3v) is 0.362. The van der Waals surface area contributed by atoms with Crippen molar-refractivity contribution < 1.29 is 31.9 Å². The monoisotopic (exact) mass is 190 g/mol. The molecule has 0 bridgehead atoms. The molecule has 0 spiro atoms. The summed E-state index contributed by atoms with van der Waals surface area (Å²) in [6.45, 7) is 6.69. The second kappa shape index (κ2) is 5.98. The fourth-order valence-electron chi connectivity index (χ4n) is 0. The van der Waals surface area contributed by atoms with Crippen LogP contribution < -0.4 is 0 Å². The van der Waals surface area contributed by atoms with Gasteiger partial charge in [0.1, 0.15) is 0 Å². The van der Waals surface area contributed by atoms with Gasteiger partial charge in [0.15, 0.2) is 0 Å².